The summed E-state index contributed by atoms with van der Waals surface area (Å²) in [5.41, 5.74) is -5.65. The van der Waals surface area contributed by atoms with Gasteiger partial charge in [-0.25, -0.2) is 8.42 Å². The molecule has 6 aromatic rings. The largest absolute Gasteiger partial charge is 1.00 e. The van der Waals surface area contributed by atoms with E-state index in [1.165, 1.54) is 29.4 Å². The maximum atomic E-state index is 10.7. The van der Waals surface area contributed by atoms with Crippen molar-refractivity contribution in [1.29, 1.82) is 0 Å². The fourth-order valence-corrected chi connectivity index (χ4v) is 8.36. The van der Waals surface area contributed by atoms with Gasteiger partial charge in [0.25, 0.3) is 0 Å². The van der Waals surface area contributed by atoms with E-state index in [1.807, 2.05) is 0 Å². The first-order valence-corrected chi connectivity index (χ1v) is 17.8. The maximum Gasteiger partial charge on any atom is 0.485 e. The van der Waals surface area contributed by atoms with Crippen LogP contribution >= 0.6 is 0 Å². The molecule has 0 bridgehead atoms. The van der Waals surface area contributed by atoms with E-state index < -0.39 is 15.6 Å². The molecule has 0 saturated heterocycles. The summed E-state index contributed by atoms with van der Waals surface area (Å²) in [4.78, 5) is 8.17. The number of alkyl halides is 3. The molecule has 0 saturated carbocycles. The highest BCUT2D eigenvalue weighted by molar-refractivity contribution is 7.97. The predicted octanol–water partition coefficient (Wildman–Crippen LogP) is 6.62. The van der Waals surface area contributed by atoms with Crippen LogP contribution in [0.1, 0.15) is 0 Å². The summed E-state index contributed by atoms with van der Waals surface area (Å²) in [6.45, 7) is 0. The molecule has 0 unspecified atom stereocenters. The van der Waals surface area contributed by atoms with Crippen LogP contribution in [-0.4, -0.2) is 18.5 Å². The van der Waals surface area contributed by atoms with Gasteiger partial charge in [0.2, 0.25) is 0 Å². The van der Waals surface area contributed by atoms with Crippen molar-refractivity contribution < 1.29 is 43.1 Å². The molecular weight excluding hydrogens is 726 g/mol. The fourth-order valence-electron chi connectivity index (χ4n) is 4.16. The van der Waals surface area contributed by atoms with Crippen molar-refractivity contribution in [2.45, 2.75) is 34.9 Å². The van der Waals surface area contributed by atoms with Crippen molar-refractivity contribution in [3.8, 4) is 0 Å². The summed E-state index contributed by atoms with van der Waals surface area (Å²) in [6, 6.07) is 64.3. The standard InChI is InChI=1S/2C18H15S.CHF3O3S.BrH/c2*1-4-10-16(11-5-1)19(17-12-6-2-7-13-17)18-14-8-3-9-15-18;2-1(3,4)8(5,6)7;/h2*1-15H;(H,5,6,7);1H/q2*+1;;/p-2. The first-order valence-electron chi connectivity index (χ1n) is 14.0. The second-order valence-electron chi connectivity index (χ2n) is 9.39. The minimum absolute atomic E-state index is 0. The van der Waals surface area contributed by atoms with E-state index in [0.717, 1.165) is 0 Å². The highest BCUT2D eigenvalue weighted by atomic mass is 79.9. The van der Waals surface area contributed by atoms with Crippen LogP contribution in [0.4, 0.5) is 13.2 Å². The van der Waals surface area contributed by atoms with Crippen molar-refractivity contribution in [1.82, 2.24) is 0 Å². The quantitative estimate of drug-likeness (QED) is 0.109. The van der Waals surface area contributed by atoms with E-state index in [2.05, 4.69) is 182 Å². The predicted molar refractivity (Wildman–Crippen MR) is 179 cm³/mol. The van der Waals surface area contributed by atoms with E-state index in [0.29, 0.717) is 0 Å². The smallest absolute Gasteiger partial charge is 0.485 e. The summed E-state index contributed by atoms with van der Waals surface area (Å²) in [7, 11) is -6.12. The molecule has 0 aromatic heterocycles. The molecule has 6 aromatic carbocycles. The van der Waals surface area contributed by atoms with Crippen LogP contribution in [0.15, 0.2) is 211 Å². The summed E-state index contributed by atoms with van der Waals surface area (Å²) in [5, 5.41) is 0. The zero-order valence-corrected chi connectivity index (χ0v) is 28.8. The molecule has 0 atom stereocenters. The molecular formula is C37H30BrF3O3S3. The Kier molecular flexibility index (Phi) is 14.8. The van der Waals surface area contributed by atoms with Gasteiger partial charge in [0, 0.05) is 0 Å². The SMILES string of the molecule is O=S(=O)([O-])C(F)(F)F.[Br-].c1ccc([S+](c2ccccc2)c2ccccc2)cc1.c1ccc([S+](c2ccccc2)c2ccccc2)cc1. The molecule has 10 heteroatoms. The number of rotatable bonds is 6. The van der Waals surface area contributed by atoms with E-state index in [1.54, 1.807) is 0 Å². The van der Waals surface area contributed by atoms with Gasteiger partial charge in [-0.3, -0.25) is 0 Å². The third-order valence-electron chi connectivity index (χ3n) is 6.16. The number of hydrogen-bond donors (Lipinski definition) is 0. The second kappa shape index (κ2) is 18.5. The van der Waals surface area contributed by atoms with Gasteiger partial charge in [-0.1, -0.05) is 109 Å². The van der Waals surface area contributed by atoms with Gasteiger partial charge in [0.05, 0.1) is 21.8 Å². The summed E-state index contributed by atoms with van der Waals surface area (Å²) >= 11 is 0. The Bertz CT molecular complexity index is 1530. The molecule has 0 fully saturated rings. The van der Waals surface area contributed by atoms with E-state index >= 15 is 0 Å². The third kappa shape index (κ3) is 11.4. The average molecular weight is 756 g/mol. The summed E-state index contributed by atoms with van der Waals surface area (Å²) < 4.78 is 58.9. The van der Waals surface area contributed by atoms with Crippen LogP contribution in [0.5, 0.6) is 0 Å². The second-order valence-corrected chi connectivity index (χ2v) is 14.8. The van der Waals surface area contributed by atoms with Gasteiger partial charge in [-0.15, -0.1) is 0 Å². The van der Waals surface area contributed by atoms with E-state index in [-0.39, 0.29) is 38.8 Å². The zero-order chi connectivity index (χ0) is 32.8. The van der Waals surface area contributed by atoms with Crippen LogP contribution in [-0.2, 0) is 31.9 Å². The highest BCUT2D eigenvalue weighted by Gasteiger charge is 2.37. The van der Waals surface area contributed by atoms with Gasteiger partial charge in [0.1, 0.15) is 0 Å². The molecule has 0 spiro atoms. The molecule has 0 aliphatic rings. The minimum Gasteiger partial charge on any atom is -1.00 e. The topological polar surface area (TPSA) is 57.2 Å². The lowest BCUT2D eigenvalue weighted by molar-refractivity contribution is -0.0518. The lowest BCUT2D eigenvalue weighted by atomic mass is 10.4. The Morgan fingerprint density at radius 2 is 0.511 bits per heavy atom. The molecule has 0 radical (unpaired) electrons. The Morgan fingerprint density at radius 3 is 0.617 bits per heavy atom. The summed E-state index contributed by atoms with van der Waals surface area (Å²) in [6.07, 6.45) is 0. The average Bonchev–Trinajstić information content (AvgIpc) is 3.08. The van der Waals surface area contributed by atoms with Gasteiger partial charge in [0.15, 0.2) is 39.5 Å². The van der Waals surface area contributed by atoms with Gasteiger partial charge >= 0.3 is 5.51 Å². The Morgan fingerprint density at radius 1 is 0.383 bits per heavy atom. The monoisotopic (exact) mass is 754 g/mol. The first kappa shape index (κ1) is 37.7. The van der Waals surface area contributed by atoms with Gasteiger partial charge < -0.3 is 21.5 Å². The van der Waals surface area contributed by atoms with E-state index in [4.69, 9.17) is 13.0 Å². The van der Waals surface area contributed by atoms with Crippen molar-refractivity contribution in [2.24, 2.45) is 0 Å². The Hall–Kier alpha value is -3.80. The molecule has 0 heterocycles. The van der Waals surface area contributed by atoms with Gasteiger partial charge in [-0.2, -0.15) is 13.2 Å². The van der Waals surface area contributed by atoms with Gasteiger partial charge in [-0.05, 0) is 72.8 Å². The van der Waals surface area contributed by atoms with Crippen LogP contribution in [0, 0.1) is 0 Å². The minimum atomic E-state index is -6.09. The van der Waals surface area contributed by atoms with Crippen LogP contribution < -0.4 is 17.0 Å². The molecule has 47 heavy (non-hydrogen) atoms. The van der Waals surface area contributed by atoms with Crippen molar-refractivity contribution in [3.63, 3.8) is 0 Å². The number of halogens is 4. The molecule has 3 nitrogen and oxygen atoms in total. The van der Waals surface area contributed by atoms with Crippen LogP contribution in [0.25, 0.3) is 0 Å². The van der Waals surface area contributed by atoms with Crippen LogP contribution in [0.3, 0.4) is 0 Å². The normalized spacial score (nSPS) is 10.9. The number of hydrogen-bond acceptors (Lipinski definition) is 3. The maximum absolute atomic E-state index is 10.7. The van der Waals surface area contributed by atoms with E-state index in [9.17, 15) is 13.2 Å². The zero-order valence-electron chi connectivity index (χ0n) is 24.8. The first-order chi connectivity index (χ1) is 22.1. The molecule has 0 N–H and O–H groups in total. The third-order valence-corrected chi connectivity index (χ3v) is 11.2. The number of benzene rings is 6. The van der Waals surface area contributed by atoms with Crippen molar-refractivity contribution >= 4 is 31.9 Å². The molecule has 6 rings (SSSR count). The molecule has 0 aliphatic heterocycles. The fraction of sp³-hybridized carbons (Fsp3) is 0.0270. The van der Waals surface area contributed by atoms with Crippen molar-refractivity contribution in [2.75, 3.05) is 0 Å². The molecule has 0 aliphatic carbocycles. The lowest BCUT2D eigenvalue weighted by Crippen LogP contribution is -3.00. The molecule has 0 amide bonds. The Balaban J connectivity index is 0.000000206. The lowest BCUT2D eigenvalue weighted by Gasteiger charge is -2.08. The van der Waals surface area contributed by atoms with Crippen LogP contribution in [0.2, 0.25) is 0 Å². The molecule has 242 valence electrons. The van der Waals surface area contributed by atoms with Crippen molar-refractivity contribution in [3.05, 3.63) is 182 Å². The summed E-state index contributed by atoms with van der Waals surface area (Å²) in [5.74, 6) is 0. The highest BCUT2D eigenvalue weighted by Crippen LogP contribution is 2.31. The Labute approximate surface area is 290 Å².